The summed E-state index contributed by atoms with van der Waals surface area (Å²) in [7, 11) is 0. The molecule has 1 unspecified atom stereocenters. The van der Waals surface area contributed by atoms with Gasteiger partial charge in [0.25, 0.3) is 0 Å². The lowest BCUT2D eigenvalue weighted by Crippen LogP contribution is -2.08. The zero-order valence-electron chi connectivity index (χ0n) is 14.4. The Bertz CT molecular complexity index is 1060. The molecule has 0 aliphatic heterocycles. The molecule has 1 heteroatoms. The first-order valence-electron chi connectivity index (χ1n) is 8.75. The van der Waals surface area contributed by atoms with Gasteiger partial charge in [0.05, 0.1) is 0 Å². The third kappa shape index (κ3) is 3.77. The highest BCUT2D eigenvalue weighted by molar-refractivity contribution is 5.83. The zero-order chi connectivity index (χ0) is 17.6. The van der Waals surface area contributed by atoms with Gasteiger partial charge in [-0.05, 0) is 46.7 Å². The zero-order valence-corrected chi connectivity index (χ0v) is 14.4. The molecule has 0 bridgehead atoms. The van der Waals surface area contributed by atoms with Gasteiger partial charge >= 0.3 is 0 Å². The molecule has 0 saturated heterocycles. The predicted molar refractivity (Wildman–Crippen MR) is 110 cm³/mol. The van der Waals surface area contributed by atoms with Crippen LogP contribution in [0.15, 0.2) is 103 Å². The Morgan fingerprint density at radius 1 is 0.615 bits per heavy atom. The summed E-state index contributed by atoms with van der Waals surface area (Å²) in [6.45, 7) is 0. The molecule has 0 radical (unpaired) electrons. The first-order chi connectivity index (χ1) is 12.9. The highest BCUT2D eigenvalue weighted by atomic mass is 14.9. The lowest BCUT2D eigenvalue weighted by molar-refractivity contribution is 1.02. The lowest BCUT2D eigenvalue weighted by Gasteiger charge is -2.16. The summed E-state index contributed by atoms with van der Waals surface area (Å²) in [6.07, 6.45) is 0. The Kier molecular flexibility index (Phi) is 4.67. The molecule has 124 valence electrons. The van der Waals surface area contributed by atoms with Gasteiger partial charge < -0.3 is 5.32 Å². The number of fused-ring (bicyclic) bond motifs is 1. The van der Waals surface area contributed by atoms with Gasteiger partial charge in [-0.1, -0.05) is 84.6 Å². The van der Waals surface area contributed by atoms with Gasteiger partial charge in [0.2, 0.25) is 0 Å². The third-order valence-electron chi connectivity index (χ3n) is 4.33. The fourth-order valence-corrected chi connectivity index (χ4v) is 2.97. The van der Waals surface area contributed by atoms with E-state index in [4.69, 9.17) is 0 Å². The van der Waals surface area contributed by atoms with Crippen molar-refractivity contribution in [2.45, 2.75) is 6.04 Å². The number of para-hydroxylation sites is 1. The Morgan fingerprint density at radius 3 is 2.04 bits per heavy atom. The Balaban J connectivity index is 1.72. The molecule has 0 aliphatic carbocycles. The molecular weight excluding hydrogens is 314 g/mol. The maximum atomic E-state index is 3.56. The largest absolute Gasteiger partial charge is 0.368 e. The lowest BCUT2D eigenvalue weighted by atomic mass is 10.0. The predicted octanol–water partition coefficient (Wildman–Crippen LogP) is 6.04. The maximum absolute atomic E-state index is 3.56. The van der Waals surface area contributed by atoms with Crippen molar-refractivity contribution >= 4 is 16.5 Å². The van der Waals surface area contributed by atoms with Crippen LogP contribution in [0.4, 0.5) is 5.69 Å². The van der Waals surface area contributed by atoms with E-state index >= 15 is 0 Å². The van der Waals surface area contributed by atoms with E-state index in [1.807, 2.05) is 48.5 Å². The van der Waals surface area contributed by atoms with Gasteiger partial charge in [-0.15, -0.1) is 0 Å². The Labute approximate surface area is 154 Å². The SMILES string of the molecule is C(#CC(Nc1ccccc1)c1ccc2ccccc2c1)c1ccccc1. The van der Waals surface area contributed by atoms with Crippen LogP contribution < -0.4 is 5.32 Å². The minimum Gasteiger partial charge on any atom is -0.368 e. The van der Waals surface area contributed by atoms with Gasteiger partial charge in [0.15, 0.2) is 0 Å². The van der Waals surface area contributed by atoms with Crippen LogP contribution in [0.1, 0.15) is 17.2 Å². The van der Waals surface area contributed by atoms with Gasteiger partial charge in [-0.2, -0.15) is 0 Å². The fourth-order valence-electron chi connectivity index (χ4n) is 2.97. The number of anilines is 1. The molecule has 1 atom stereocenters. The average Bonchev–Trinajstić information content (AvgIpc) is 2.72. The van der Waals surface area contributed by atoms with Crippen molar-refractivity contribution in [3.8, 4) is 11.8 Å². The van der Waals surface area contributed by atoms with Crippen LogP contribution in [-0.2, 0) is 0 Å². The van der Waals surface area contributed by atoms with E-state index in [-0.39, 0.29) is 6.04 Å². The molecule has 4 aromatic carbocycles. The Morgan fingerprint density at radius 2 is 1.27 bits per heavy atom. The first-order valence-corrected chi connectivity index (χ1v) is 8.75. The molecule has 0 spiro atoms. The molecule has 0 saturated carbocycles. The number of nitrogens with one attached hydrogen (secondary N) is 1. The molecule has 0 heterocycles. The van der Waals surface area contributed by atoms with Gasteiger partial charge in [0.1, 0.15) is 6.04 Å². The van der Waals surface area contributed by atoms with Crippen LogP contribution >= 0.6 is 0 Å². The summed E-state index contributed by atoms with van der Waals surface area (Å²) in [6, 6.07) is 35.2. The second-order valence-electron chi connectivity index (χ2n) is 6.19. The quantitative estimate of drug-likeness (QED) is 0.450. The second kappa shape index (κ2) is 7.59. The summed E-state index contributed by atoms with van der Waals surface area (Å²) >= 11 is 0. The molecule has 0 aromatic heterocycles. The van der Waals surface area contributed by atoms with Crippen molar-refractivity contribution in [1.82, 2.24) is 0 Å². The second-order valence-corrected chi connectivity index (χ2v) is 6.19. The standard InChI is InChI=1S/C25H19N/c1-3-9-20(10-4-1)15-18-25(26-24-13-5-2-6-14-24)23-17-16-21-11-7-8-12-22(21)19-23/h1-14,16-17,19,25-26H. The van der Waals surface area contributed by atoms with Crippen molar-refractivity contribution in [1.29, 1.82) is 0 Å². The molecule has 0 amide bonds. The molecule has 0 fully saturated rings. The van der Waals surface area contributed by atoms with Crippen molar-refractivity contribution < 1.29 is 0 Å². The van der Waals surface area contributed by atoms with Crippen molar-refractivity contribution in [3.63, 3.8) is 0 Å². The number of benzene rings is 4. The van der Waals surface area contributed by atoms with Gasteiger partial charge in [0, 0.05) is 11.3 Å². The first kappa shape index (κ1) is 16.0. The van der Waals surface area contributed by atoms with Crippen molar-refractivity contribution in [2.75, 3.05) is 5.32 Å². The van der Waals surface area contributed by atoms with E-state index < -0.39 is 0 Å². The van der Waals surface area contributed by atoms with Crippen LogP contribution in [0.3, 0.4) is 0 Å². The Hall–Kier alpha value is -3.50. The van der Waals surface area contributed by atoms with Crippen LogP contribution in [0, 0.1) is 11.8 Å². The topological polar surface area (TPSA) is 12.0 Å². The smallest absolute Gasteiger partial charge is 0.114 e. The maximum Gasteiger partial charge on any atom is 0.114 e. The molecule has 4 rings (SSSR count). The summed E-state index contributed by atoms with van der Waals surface area (Å²) in [5.74, 6) is 6.70. The minimum absolute atomic E-state index is 0.0813. The van der Waals surface area contributed by atoms with Crippen LogP contribution in [0.5, 0.6) is 0 Å². The number of hydrogen-bond acceptors (Lipinski definition) is 1. The van der Waals surface area contributed by atoms with E-state index in [0.29, 0.717) is 0 Å². The minimum atomic E-state index is -0.0813. The summed E-state index contributed by atoms with van der Waals surface area (Å²) < 4.78 is 0. The number of hydrogen-bond donors (Lipinski definition) is 1. The van der Waals surface area contributed by atoms with E-state index in [0.717, 1.165) is 16.8 Å². The average molecular weight is 333 g/mol. The van der Waals surface area contributed by atoms with E-state index in [2.05, 4.69) is 71.8 Å². The highest BCUT2D eigenvalue weighted by Gasteiger charge is 2.09. The van der Waals surface area contributed by atoms with Crippen molar-refractivity contribution in [2.24, 2.45) is 0 Å². The van der Waals surface area contributed by atoms with Gasteiger partial charge in [-0.25, -0.2) is 0 Å². The molecule has 0 aliphatic rings. The summed E-state index contributed by atoms with van der Waals surface area (Å²) in [4.78, 5) is 0. The van der Waals surface area contributed by atoms with E-state index in [1.54, 1.807) is 0 Å². The third-order valence-corrected chi connectivity index (χ3v) is 4.33. The summed E-state index contributed by atoms with van der Waals surface area (Å²) in [5.41, 5.74) is 3.25. The molecule has 4 aromatic rings. The molecule has 26 heavy (non-hydrogen) atoms. The molecule has 1 nitrogen and oxygen atoms in total. The monoisotopic (exact) mass is 333 g/mol. The normalized spacial score (nSPS) is 11.4. The summed E-state index contributed by atoms with van der Waals surface area (Å²) in [5, 5.41) is 6.03. The molecule has 1 N–H and O–H groups in total. The van der Waals surface area contributed by atoms with Crippen LogP contribution in [0.2, 0.25) is 0 Å². The highest BCUT2D eigenvalue weighted by Crippen LogP contribution is 2.23. The van der Waals surface area contributed by atoms with Crippen LogP contribution in [-0.4, -0.2) is 0 Å². The van der Waals surface area contributed by atoms with Crippen molar-refractivity contribution in [3.05, 3.63) is 114 Å². The molecular formula is C25H19N. The van der Waals surface area contributed by atoms with Gasteiger partial charge in [-0.3, -0.25) is 0 Å². The van der Waals surface area contributed by atoms with E-state index in [1.165, 1.54) is 10.8 Å². The number of rotatable bonds is 3. The van der Waals surface area contributed by atoms with E-state index in [9.17, 15) is 0 Å². The van der Waals surface area contributed by atoms with Crippen LogP contribution in [0.25, 0.3) is 10.8 Å². The fraction of sp³-hybridized carbons (Fsp3) is 0.0400.